The summed E-state index contributed by atoms with van der Waals surface area (Å²) in [5.41, 5.74) is 5.33. The lowest BCUT2D eigenvalue weighted by Crippen LogP contribution is -2.45. The second-order valence-corrected chi connectivity index (χ2v) is 12.8. The van der Waals surface area contributed by atoms with E-state index in [2.05, 4.69) is 79.9 Å². The number of phosphoric acid groups is 1. The lowest BCUT2D eigenvalue weighted by molar-refractivity contribution is -0.123. The average Bonchev–Trinajstić information content (AvgIpc) is 3.04. The SMILES string of the molecule is CC/C=C\C/C=C\C/C=C\C/C=C\CCCCCCC(=O)NC(COP(=O)(O)OCCN)C(O)/C=C/CC/C=C/CCCCCC. The second kappa shape index (κ2) is 32.9. The first-order chi connectivity index (χ1) is 22.4. The highest BCUT2D eigenvalue weighted by Gasteiger charge is 2.26. The number of hydrogen-bond donors (Lipinski definition) is 4. The maximum absolute atomic E-state index is 12.6. The summed E-state index contributed by atoms with van der Waals surface area (Å²) in [6.07, 6.45) is 40.9. The molecule has 46 heavy (non-hydrogen) atoms. The van der Waals surface area contributed by atoms with Crippen LogP contribution in [0.4, 0.5) is 0 Å². The zero-order valence-corrected chi connectivity index (χ0v) is 29.7. The van der Waals surface area contributed by atoms with Gasteiger partial charge in [-0.2, -0.15) is 0 Å². The van der Waals surface area contributed by atoms with Crippen LogP contribution in [-0.4, -0.2) is 47.8 Å². The van der Waals surface area contributed by atoms with Crippen molar-refractivity contribution in [3.8, 4) is 0 Å². The van der Waals surface area contributed by atoms with E-state index in [4.69, 9.17) is 14.8 Å². The summed E-state index contributed by atoms with van der Waals surface area (Å²) in [4.78, 5) is 22.5. The van der Waals surface area contributed by atoms with Crippen molar-refractivity contribution in [3.63, 3.8) is 0 Å². The van der Waals surface area contributed by atoms with Crippen LogP contribution in [0.2, 0.25) is 0 Å². The fourth-order valence-electron chi connectivity index (χ4n) is 4.37. The van der Waals surface area contributed by atoms with Crippen molar-refractivity contribution < 1.29 is 28.4 Å². The summed E-state index contributed by atoms with van der Waals surface area (Å²) >= 11 is 0. The molecule has 264 valence electrons. The van der Waals surface area contributed by atoms with Gasteiger partial charge in [-0.05, 0) is 70.6 Å². The maximum atomic E-state index is 12.6. The number of aliphatic hydroxyl groups is 1. The predicted molar refractivity (Wildman–Crippen MR) is 193 cm³/mol. The minimum atomic E-state index is -4.35. The van der Waals surface area contributed by atoms with Gasteiger partial charge in [-0.3, -0.25) is 13.8 Å². The molecule has 0 rings (SSSR count). The quantitative estimate of drug-likeness (QED) is 0.0331. The number of phosphoric ester groups is 1. The van der Waals surface area contributed by atoms with Crippen LogP contribution in [0.3, 0.4) is 0 Å². The Kier molecular flexibility index (Phi) is 31.4. The Balaban J connectivity index is 4.43. The third kappa shape index (κ3) is 30.6. The minimum absolute atomic E-state index is 0.0655. The zero-order chi connectivity index (χ0) is 34.0. The first-order valence-electron chi connectivity index (χ1n) is 17.6. The Morgan fingerprint density at radius 3 is 1.91 bits per heavy atom. The minimum Gasteiger partial charge on any atom is -0.387 e. The van der Waals surface area contributed by atoms with Crippen molar-refractivity contribution in [1.29, 1.82) is 0 Å². The van der Waals surface area contributed by atoms with Gasteiger partial charge in [-0.25, -0.2) is 4.57 Å². The number of carbonyl (C=O) groups excluding carboxylic acids is 1. The van der Waals surface area contributed by atoms with Gasteiger partial charge in [0.15, 0.2) is 0 Å². The molecule has 0 aromatic carbocycles. The van der Waals surface area contributed by atoms with Gasteiger partial charge in [-0.15, -0.1) is 0 Å². The van der Waals surface area contributed by atoms with Crippen molar-refractivity contribution in [2.45, 2.75) is 135 Å². The largest absolute Gasteiger partial charge is 0.472 e. The fourth-order valence-corrected chi connectivity index (χ4v) is 5.13. The number of hydrogen-bond acceptors (Lipinski definition) is 6. The Bertz CT molecular complexity index is 944. The topological polar surface area (TPSA) is 131 Å². The molecule has 0 aliphatic rings. The molecule has 0 aromatic heterocycles. The van der Waals surface area contributed by atoms with E-state index in [1.165, 1.54) is 25.7 Å². The first kappa shape index (κ1) is 43.9. The normalized spacial score (nSPS) is 15.3. The maximum Gasteiger partial charge on any atom is 0.472 e. The molecule has 0 bridgehead atoms. The highest BCUT2D eigenvalue weighted by molar-refractivity contribution is 7.47. The van der Waals surface area contributed by atoms with Crippen LogP contribution < -0.4 is 11.1 Å². The van der Waals surface area contributed by atoms with Crippen LogP contribution in [0, 0.1) is 0 Å². The summed E-state index contributed by atoms with van der Waals surface area (Å²) in [5, 5.41) is 13.5. The smallest absolute Gasteiger partial charge is 0.387 e. The Morgan fingerprint density at radius 1 is 0.739 bits per heavy atom. The monoisotopic (exact) mass is 664 g/mol. The van der Waals surface area contributed by atoms with E-state index >= 15 is 0 Å². The van der Waals surface area contributed by atoms with E-state index in [0.717, 1.165) is 77.0 Å². The molecule has 0 heterocycles. The molecule has 0 aliphatic carbocycles. The standard InChI is InChI=1S/C37H65N2O6P/c1-3-5-7-9-11-13-15-16-17-18-19-20-21-23-25-27-29-31-37(41)39-35(34-45-46(42,43)44-33-32-38)36(40)30-28-26-24-22-14-12-10-8-6-4-2/h5,7,11,13-14,16-17,19-20,22,28,30,35-36,40H,3-4,6,8-10,12,15,18,21,23-27,29,31-34,38H2,1-2H3,(H,39,41)(H,42,43)/b7-5-,13-11-,17-16-,20-19-,22-14+,30-28+. The van der Waals surface area contributed by atoms with Crippen LogP contribution >= 0.6 is 7.82 Å². The number of allylic oxidation sites excluding steroid dienone is 11. The molecule has 9 heteroatoms. The Labute approximate surface area is 280 Å². The van der Waals surface area contributed by atoms with E-state index in [0.29, 0.717) is 6.42 Å². The summed E-state index contributed by atoms with van der Waals surface area (Å²) in [7, 11) is -4.35. The molecule has 5 N–H and O–H groups in total. The van der Waals surface area contributed by atoms with Crippen molar-refractivity contribution in [1.82, 2.24) is 5.32 Å². The fraction of sp³-hybridized carbons (Fsp3) is 0.649. The van der Waals surface area contributed by atoms with Crippen LogP contribution in [0.25, 0.3) is 0 Å². The number of nitrogens with one attached hydrogen (secondary N) is 1. The molecule has 8 nitrogen and oxygen atoms in total. The molecule has 3 atom stereocenters. The van der Waals surface area contributed by atoms with E-state index in [9.17, 15) is 19.4 Å². The van der Waals surface area contributed by atoms with E-state index in [1.54, 1.807) is 6.08 Å². The highest BCUT2D eigenvalue weighted by Crippen LogP contribution is 2.43. The third-order valence-electron chi connectivity index (χ3n) is 7.02. The van der Waals surface area contributed by atoms with Crippen LogP contribution in [0.15, 0.2) is 72.9 Å². The molecule has 0 aromatic rings. The molecular weight excluding hydrogens is 599 g/mol. The molecule has 3 unspecified atom stereocenters. The molecular formula is C37H65N2O6P. The summed E-state index contributed by atoms with van der Waals surface area (Å²) in [6.45, 7) is 3.90. The van der Waals surface area contributed by atoms with E-state index < -0.39 is 20.0 Å². The van der Waals surface area contributed by atoms with Crippen LogP contribution in [0.5, 0.6) is 0 Å². The van der Waals surface area contributed by atoms with Gasteiger partial charge in [-0.1, -0.05) is 119 Å². The van der Waals surface area contributed by atoms with Crippen LogP contribution in [0.1, 0.15) is 123 Å². The second-order valence-electron chi connectivity index (χ2n) is 11.3. The lowest BCUT2D eigenvalue weighted by atomic mass is 10.1. The Morgan fingerprint density at radius 2 is 1.28 bits per heavy atom. The van der Waals surface area contributed by atoms with Crippen LogP contribution in [-0.2, 0) is 18.4 Å². The van der Waals surface area contributed by atoms with Crippen molar-refractivity contribution in [2.75, 3.05) is 19.8 Å². The summed E-state index contributed by atoms with van der Waals surface area (Å²) in [6, 6.07) is -0.891. The van der Waals surface area contributed by atoms with E-state index in [1.807, 2.05) is 6.08 Å². The molecule has 0 radical (unpaired) electrons. The number of nitrogens with two attached hydrogens (primary N) is 1. The molecule has 0 saturated heterocycles. The van der Waals surface area contributed by atoms with Crippen molar-refractivity contribution in [3.05, 3.63) is 72.9 Å². The molecule has 0 fully saturated rings. The molecule has 0 saturated carbocycles. The highest BCUT2D eigenvalue weighted by atomic mass is 31.2. The van der Waals surface area contributed by atoms with Gasteiger partial charge in [0.25, 0.3) is 0 Å². The molecule has 0 aliphatic heterocycles. The van der Waals surface area contributed by atoms with Gasteiger partial charge in [0, 0.05) is 13.0 Å². The lowest BCUT2D eigenvalue weighted by Gasteiger charge is -2.23. The number of amides is 1. The van der Waals surface area contributed by atoms with Gasteiger partial charge < -0.3 is 21.1 Å². The van der Waals surface area contributed by atoms with Gasteiger partial charge in [0.2, 0.25) is 5.91 Å². The Hall–Kier alpha value is -2.06. The third-order valence-corrected chi connectivity index (χ3v) is 8.00. The average molecular weight is 665 g/mol. The number of rotatable bonds is 31. The van der Waals surface area contributed by atoms with Crippen molar-refractivity contribution in [2.24, 2.45) is 5.73 Å². The zero-order valence-electron chi connectivity index (χ0n) is 28.8. The molecule has 0 spiro atoms. The van der Waals surface area contributed by atoms with Gasteiger partial charge in [0.05, 0.1) is 25.4 Å². The van der Waals surface area contributed by atoms with E-state index in [-0.39, 0.29) is 25.7 Å². The predicted octanol–water partition coefficient (Wildman–Crippen LogP) is 8.93. The van der Waals surface area contributed by atoms with Gasteiger partial charge in [0.1, 0.15) is 0 Å². The number of aliphatic hydroxyl groups excluding tert-OH is 1. The molecule has 1 amide bonds. The van der Waals surface area contributed by atoms with Crippen molar-refractivity contribution >= 4 is 13.7 Å². The van der Waals surface area contributed by atoms with Gasteiger partial charge >= 0.3 is 7.82 Å². The summed E-state index contributed by atoms with van der Waals surface area (Å²) < 4.78 is 21.9. The summed E-state index contributed by atoms with van der Waals surface area (Å²) in [5.74, 6) is -0.235. The number of carbonyl (C=O) groups is 1. The first-order valence-corrected chi connectivity index (χ1v) is 19.1. The number of unbranched alkanes of at least 4 members (excludes halogenated alkanes) is 9.